The van der Waals surface area contributed by atoms with E-state index in [2.05, 4.69) is 66.2 Å². The lowest BCUT2D eigenvalue weighted by Gasteiger charge is -2.06. The molecule has 0 spiro atoms. The van der Waals surface area contributed by atoms with Gasteiger partial charge in [-0.15, -0.1) is 56.7 Å². The fourth-order valence-electron chi connectivity index (χ4n) is 4.61. The van der Waals surface area contributed by atoms with Gasteiger partial charge in [0.05, 0.1) is 11.5 Å². The Balaban J connectivity index is 1.29. The highest BCUT2D eigenvalue weighted by atomic mass is 32.2. The van der Waals surface area contributed by atoms with Crippen LogP contribution in [0.3, 0.4) is 0 Å². The maximum Gasteiger partial charge on any atom is 0.296 e. The highest BCUT2D eigenvalue weighted by Crippen LogP contribution is 2.47. The zero-order chi connectivity index (χ0) is 28.4. The molecule has 0 aliphatic carbocycles. The van der Waals surface area contributed by atoms with Crippen LogP contribution in [-0.2, 0) is 27.1 Å². The molecule has 1 aromatic carbocycles. The lowest BCUT2D eigenvalue weighted by molar-refractivity contribution is 0.322. The second-order valence-corrected chi connectivity index (χ2v) is 16.3. The van der Waals surface area contributed by atoms with E-state index in [9.17, 15) is 8.42 Å². The molecule has 6 rings (SSSR count). The summed E-state index contributed by atoms with van der Waals surface area (Å²) in [4.78, 5) is 10.3. The van der Waals surface area contributed by atoms with Crippen LogP contribution in [0, 0.1) is 6.92 Å². The van der Waals surface area contributed by atoms with Gasteiger partial charge in [-0.05, 0) is 90.2 Å². The van der Waals surface area contributed by atoms with Crippen molar-refractivity contribution in [2.45, 2.75) is 38.0 Å². The van der Waals surface area contributed by atoms with E-state index in [1.54, 1.807) is 58.3 Å². The summed E-state index contributed by atoms with van der Waals surface area (Å²) in [7, 11) is -3.81. The van der Waals surface area contributed by atoms with Crippen molar-refractivity contribution < 1.29 is 12.6 Å². The molecule has 0 aliphatic heterocycles. The molecule has 0 N–H and O–H groups in total. The minimum atomic E-state index is -3.81. The SMILES string of the molecule is CCCc1cc(-c2cccs2)sc1-c1ccc(-c2sc(-c3cccs3)cc2CCOS(=O)(=O)c2ccc(C)cc2)s1. The third-order valence-electron chi connectivity index (χ3n) is 6.64. The van der Waals surface area contributed by atoms with Crippen molar-refractivity contribution in [1.82, 2.24) is 0 Å². The van der Waals surface area contributed by atoms with E-state index in [4.69, 9.17) is 4.18 Å². The Labute approximate surface area is 261 Å². The molecule has 210 valence electrons. The van der Waals surface area contributed by atoms with Gasteiger partial charge in [-0.2, -0.15) is 8.42 Å². The molecule has 0 amide bonds. The topological polar surface area (TPSA) is 43.4 Å². The van der Waals surface area contributed by atoms with Crippen LogP contribution in [0.1, 0.15) is 30.0 Å². The predicted octanol–water partition coefficient (Wildman–Crippen LogP) is 10.9. The molecule has 5 heterocycles. The molecule has 0 aliphatic rings. The van der Waals surface area contributed by atoms with E-state index in [0.717, 1.165) is 24.0 Å². The molecule has 0 radical (unpaired) electrons. The van der Waals surface area contributed by atoms with Crippen molar-refractivity contribution in [3.05, 3.63) is 100 Å². The van der Waals surface area contributed by atoms with Gasteiger partial charge >= 0.3 is 0 Å². The highest BCUT2D eigenvalue weighted by molar-refractivity contribution is 7.86. The van der Waals surface area contributed by atoms with E-state index in [1.807, 2.05) is 29.6 Å². The number of thiophene rings is 5. The average molecular weight is 653 g/mol. The first-order chi connectivity index (χ1) is 19.9. The van der Waals surface area contributed by atoms with Crippen molar-refractivity contribution >= 4 is 66.8 Å². The summed E-state index contributed by atoms with van der Waals surface area (Å²) in [5.74, 6) is 0. The Morgan fingerprint density at radius 3 is 1.73 bits per heavy atom. The lowest BCUT2D eigenvalue weighted by atomic mass is 10.1. The van der Waals surface area contributed by atoms with Gasteiger partial charge in [0, 0.05) is 39.0 Å². The number of hydrogen-bond acceptors (Lipinski definition) is 8. The monoisotopic (exact) mass is 652 g/mol. The van der Waals surface area contributed by atoms with Gasteiger partial charge in [0.1, 0.15) is 0 Å². The zero-order valence-electron chi connectivity index (χ0n) is 22.6. The van der Waals surface area contributed by atoms with Crippen LogP contribution in [0.15, 0.2) is 88.5 Å². The van der Waals surface area contributed by atoms with Crippen LogP contribution in [-0.4, -0.2) is 15.0 Å². The van der Waals surface area contributed by atoms with E-state index in [-0.39, 0.29) is 11.5 Å². The van der Waals surface area contributed by atoms with Crippen LogP contribution in [0.2, 0.25) is 0 Å². The first-order valence-electron chi connectivity index (χ1n) is 13.3. The first-order valence-corrected chi connectivity index (χ1v) is 18.9. The Morgan fingerprint density at radius 1 is 0.659 bits per heavy atom. The Hall–Kier alpha value is -2.37. The Bertz CT molecular complexity index is 1830. The third-order valence-corrected chi connectivity index (χ3v) is 13.9. The quantitative estimate of drug-likeness (QED) is 0.131. The minimum absolute atomic E-state index is 0.0950. The van der Waals surface area contributed by atoms with E-state index >= 15 is 0 Å². The van der Waals surface area contributed by atoms with Gasteiger partial charge < -0.3 is 0 Å². The number of hydrogen-bond donors (Lipinski definition) is 0. The molecule has 0 fully saturated rings. The molecule has 41 heavy (non-hydrogen) atoms. The Kier molecular flexibility index (Phi) is 8.74. The van der Waals surface area contributed by atoms with Crippen molar-refractivity contribution in [2.75, 3.05) is 6.61 Å². The summed E-state index contributed by atoms with van der Waals surface area (Å²) in [6, 6.07) is 24.3. The van der Waals surface area contributed by atoms with Gasteiger partial charge in [-0.3, -0.25) is 4.18 Å². The fraction of sp³-hybridized carbons (Fsp3) is 0.188. The molecule has 0 bridgehead atoms. The zero-order valence-corrected chi connectivity index (χ0v) is 27.5. The van der Waals surface area contributed by atoms with Crippen molar-refractivity contribution in [2.24, 2.45) is 0 Å². The van der Waals surface area contributed by atoms with Crippen LogP contribution in [0.4, 0.5) is 0 Å². The molecule has 0 saturated heterocycles. The molecule has 6 aromatic rings. The average Bonchev–Trinajstić information content (AvgIpc) is 3.78. The molecule has 9 heteroatoms. The van der Waals surface area contributed by atoms with Gasteiger partial charge in [-0.25, -0.2) is 0 Å². The van der Waals surface area contributed by atoms with Crippen molar-refractivity contribution in [1.29, 1.82) is 0 Å². The largest absolute Gasteiger partial charge is 0.296 e. The lowest BCUT2D eigenvalue weighted by Crippen LogP contribution is -2.09. The maximum atomic E-state index is 12.8. The second-order valence-electron chi connectivity index (χ2n) is 9.64. The van der Waals surface area contributed by atoms with Gasteiger partial charge in [0.2, 0.25) is 0 Å². The fourth-order valence-corrected chi connectivity index (χ4v) is 10.9. The molecule has 0 saturated carbocycles. The van der Waals surface area contributed by atoms with Crippen LogP contribution in [0.5, 0.6) is 0 Å². The molecule has 3 nitrogen and oxygen atoms in total. The molecule has 5 aromatic heterocycles. The molecular formula is C32H28O3S6. The number of benzene rings is 1. The Morgan fingerprint density at radius 2 is 1.22 bits per heavy atom. The first kappa shape index (κ1) is 28.7. The normalized spacial score (nSPS) is 11.9. The van der Waals surface area contributed by atoms with Crippen molar-refractivity contribution in [3.63, 3.8) is 0 Å². The summed E-state index contributed by atoms with van der Waals surface area (Å²) in [6.07, 6.45) is 2.68. The molecule has 0 unspecified atom stereocenters. The number of rotatable bonds is 11. The summed E-state index contributed by atoms with van der Waals surface area (Å²) in [5, 5.41) is 4.23. The summed E-state index contributed by atoms with van der Waals surface area (Å²) >= 11 is 8.98. The van der Waals surface area contributed by atoms with E-state index in [1.165, 1.54) is 44.6 Å². The highest BCUT2D eigenvalue weighted by Gasteiger charge is 2.20. The summed E-state index contributed by atoms with van der Waals surface area (Å²) in [5.41, 5.74) is 3.54. The maximum absolute atomic E-state index is 12.8. The summed E-state index contributed by atoms with van der Waals surface area (Å²) < 4.78 is 31.1. The van der Waals surface area contributed by atoms with E-state index in [0.29, 0.717) is 6.42 Å². The van der Waals surface area contributed by atoms with Crippen LogP contribution in [0.25, 0.3) is 39.0 Å². The van der Waals surface area contributed by atoms with Gasteiger partial charge in [0.15, 0.2) is 0 Å². The molecular weight excluding hydrogens is 625 g/mol. The predicted molar refractivity (Wildman–Crippen MR) is 180 cm³/mol. The summed E-state index contributed by atoms with van der Waals surface area (Å²) in [6.45, 7) is 4.26. The van der Waals surface area contributed by atoms with Crippen LogP contribution < -0.4 is 0 Å². The smallest absolute Gasteiger partial charge is 0.266 e. The minimum Gasteiger partial charge on any atom is -0.266 e. The second kappa shape index (κ2) is 12.5. The standard InChI is InChI=1S/C32H28O3S6/c1-3-6-22-19-29(25-7-4-17-36-25)39-31(22)27-13-14-28(38-27)32-23(20-30(40-32)26-8-5-18-37-26)15-16-35-41(33,34)24-11-9-21(2)10-12-24/h4-5,7-14,17-20H,3,6,15-16H2,1-2H3. The third kappa shape index (κ3) is 6.37. The van der Waals surface area contributed by atoms with Crippen LogP contribution >= 0.6 is 56.7 Å². The number of aryl methyl sites for hydroxylation is 2. The van der Waals surface area contributed by atoms with Gasteiger partial charge in [0.25, 0.3) is 10.1 Å². The van der Waals surface area contributed by atoms with E-state index < -0.39 is 10.1 Å². The molecule has 0 atom stereocenters. The van der Waals surface area contributed by atoms with Gasteiger partial charge in [-0.1, -0.05) is 43.2 Å². The van der Waals surface area contributed by atoms with Crippen molar-refractivity contribution in [3.8, 4) is 39.0 Å².